The Hall–Kier alpha value is -1.94. The number of ether oxygens (including phenoxy) is 2. The highest BCUT2D eigenvalue weighted by Gasteiger charge is 2.35. The van der Waals surface area contributed by atoms with Gasteiger partial charge in [-0.3, -0.25) is 9.78 Å². The number of likely N-dealkylation sites (tertiary alicyclic amines) is 1. The topological polar surface area (TPSA) is 71.9 Å². The summed E-state index contributed by atoms with van der Waals surface area (Å²) in [6.07, 6.45) is 2.82. The van der Waals surface area contributed by atoms with E-state index in [4.69, 9.17) is 14.6 Å². The molecule has 1 aromatic rings. The zero-order valence-corrected chi connectivity index (χ0v) is 12.1. The Morgan fingerprint density at radius 3 is 2.62 bits per heavy atom. The molecule has 1 saturated heterocycles. The second-order valence-electron chi connectivity index (χ2n) is 4.68. The fraction of sp³-hybridized carbons (Fsp3) is 0.467. The fourth-order valence-electron chi connectivity index (χ4n) is 2.31. The number of pyridine rings is 1. The maximum Gasteiger partial charge on any atom is 0.255 e. The van der Waals surface area contributed by atoms with Gasteiger partial charge in [-0.1, -0.05) is 11.8 Å². The summed E-state index contributed by atoms with van der Waals surface area (Å²) in [6.45, 7) is 0.746. The molecule has 0 bridgehead atoms. The number of rotatable bonds is 3. The number of amides is 1. The van der Waals surface area contributed by atoms with Crippen molar-refractivity contribution in [1.29, 1.82) is 0 Å². The highest BCUT2D eigenvalue weighted by molar-refractivity contribution is 5.94. The smallest absolute Gasteiger partial charge is 0.255 e. The number of methoxy groups -OCH3 is 2. The van der Waals surface area contributed by atoms with Gasteiger partial charge in [0.2, 0.25) is 0 Å². The van der Waals surface area contributed by atoms with Gasteiger partial charge >= 0.3 is 0 Å². The van der Waals surface area contributed by atoms with Crippen molar-refractivity contribution in [3.8, 4) is 11.8 Å². The van der Waals surface area contributed by atoms with Crippen molar-refractivity contribution in [3.63, 3.8) is 0 Å². The first-order valence-electron chi connectivity index (χ1n) is 6.59. The lowest BCUT2D eigenvalue weighted by Gasteiger charge is -2.15. The van der Waals surface area contributed by atoms with Gasteiger partial charge in [0.1, 0.15) is 18.8 Å². The van der Waals surface area contributed by atoms with Crippen molar-refractivity contribution in [2.45, 2.75) is 12.2 Å². The van der Waals surface area contributed by atoms with E-state index in [-0.39, 0.29) is 24.7 Å². The predicted octanol–water partition coefficient (Wildman–Crippen LogP) is -0.0888. The van der Waals surface area contributed by atoms with E-state index in [0.29, 0.717) is 24.2 Å². The minimum absolute atomic E-state index is 0.121. The van der Waals surface area contributed by atoms with E-state index >= 15 is 0 Å². The molecule has 0 radical (unpaired) electrons. The molecule has 1 aromatic heterocycles. The van der Waals surface area contributed by atoms with E-state index in [0.717, 1.165) is 0 Å². The molecule has 1 fully saturated rings. The number of hydrogen-bond acceptors (Lipinski definition) is 5. The second-order valence-corrected chi connectivity index (χ2v) is 4.68. The summed E-state index contributed by atoms with van der Waals surface area (Å²) in [6, 6.07) is 1.67. The zero-order chi connectivity index (χ0) is 15.2. The van der Waals surface area contributed by atoms with E-state index in [2.05, 4.69) is 16.8 Å². The molecule has 21 heavy (non-hydrogen) atoms. The van der Waals surface area contributed by atoms with Crippen LogP contribution < -0.4 is 0 Å². The standard InChI is InChI=1S/C15H18N2O4/c1-20-13-9-17(10-14(13)21-2)15(19)12-6-11(4-3-5-18)7-16-8-12/h6-8,13-14,18H,5,9-10H2,1-2H3. The Bertz CT molecular complexity index is 552. The Labute approximate surface area is 123 Å². The van der Waals surface area contributed by atoms with Gasteiger partial charge in [-0.15, -0.1) is 0 Å². The van der Waals surface area contributed by atoms with Crippen molar-refractivity contribution in [1.82, 2.24) is 9.88 Å². The molecule has 1 aliphatic rings. The molecule has 1 amide bonds. The van der Waals surface area contributed by atoms with Gasteiger partial charge in [-0.25, -0.2) is 0 Å². The summed E-state index contributed by atoms with van der Waals surface area (Å²) in [5.74, 6) is 5.14. The van der Waals surface area contributed by atoms with Crippen LogP contribution in [0.4, 0.5) is 0 Å². The molecular formula is C15H18N2O4. The van der Waals surface area contributed by atoms with Gasteiger partial charge in [0.25, 0.3) is 5.91 Å². The van der Waals surface area contributed by atoms with E-state index < -0.39 is 0 Å². The third-order valence-electron chi connectivity index (χ3n) is 3.41. The van der Waals surface area contributed by atoms with E-state index in [1.54, 1.807) is 31.4 Å². The summed E-state index contributed by atoms with van der Waals surface area (Å²) in [5.41, 5.74) is 1.06. The van der Waals surface area contributed by atoms with E-state index in [9.17, 15) is 4.79 Å². The van der Waals surface area contributed by atoms with Crippen LogP contribution in [0.25, 0.3) is 0 Å². The Kier molecular flexibility index (Phi) is 5.28. The normalized spacial score (nSPS) is 21.0. The molecule has 2 atom stereocenters. The minimum Gasteiger partial charge on any atom is -0.384 e. The molecule has 2 unspecified atom stereocenters. The van der Waals surface area contributed by atoms with Gasteiger partial charge in [-0.2, -0.15) is 0 Å². The number of aliphatic hydroxyl groups is 1. The summed E-state index contributed by atoms with van der Waals surface area (Å²) >= 11 is 0. The van der Waals surface area contributed by atoms with Crippen LogP contribution in [-0.4, -0.2) is 67.0 Å². The average molecular weight is 290 g/mol. The van der Waals surface area contributed by atoms with Crippen LogP contribution in [-0.2, 0) is 9.47 Å². The lowest BCUT2D eigenvalue weighted by atomic mass is 10.2. The molecule has 1 aliphatic heterocycles. The van der Waals surface area contributed by atoms with Gasteiger partial charge in [-0.05, 0) is 6.07 Å². The Morgan fingerprint density at radius 2 is 2.05 bits per heavy atom. The molecule has 1 N–H and O–H groups in total. The summed E-state index contributed by atoms with van der Waals surface area (Å²) < 4.78 is 10.6. The van der Waals surface area contributed by atoms with Gasteiger partial charge in [0, 0.05) is 45.3 Å². The van der Waals surface area contributed by atoms with Crippen LogP contribution in [0.5, 0.6) is 0 Å². The van der Waals surface area contributed by atoms with E-state index in [1.807, 2.05) is 0 Å². The van der Waals surface area contributed by atoms with Crippen LogP contribution in [0, 0.1) is 11.8 Å². The molecule has 2 rings (SSSR count). The molecule has 6 nitrogen and oxygen atoms in total. The summed E-state index contributed by atoms with van der Waals surface area (Å²) in [5, 5.41) is 8.69. The minimum atomic E-state index is -0.227. The Morgan fingerprint density at radius 1 is 1.38 bits per heavy atom. The average Bonchev–Trinajstić information content (AvgIpc) is 2.95. The largest absolute Gasteiger partial charge is 0.384 e. The first kappa shape index (κ1) is 15.4. The molecule has 112 valence electrons. The fourth-order valence-corrected chi connectivity index (χ4v) is 2.31. The molecule has 6 heteroatoms. The third kappa shape index (κ3) is 3.58. The van der Waals surface area contributed by atoms with Crippen molar-refractivity contribution in [3.05, 3.63) is 29.6 Å². The highest BCUT2D eigenvalue weighted by Crippen LogP contribution is 2.18. The van der Waals surface area contributed by atoms with Crippen LogP contribution in [0.2, 0.25) is 0 Å². The molecule has 2 heterocycles. The van der Waals surface area contributed by atoms with Crippen molar-refractivity contribution in [2.24, 2.45) is 0 Å². The number of hydrogen-bond donors (Lipinski definition) is 1. The first-order valence-corrected chi connectivity index (χ1v) is 6.59. The number of carbonyl (C=O) groups is 1. The Balaban J connectivity index is 2.13. The van der Waals surface area contributed by atoms with Crippen LogP contribution in [0.3, 0.4) is 0 Å². The van der Waals surface area contributed by atoms with Crippen LogP contribution in [0.1, 0.15) is 15.9 Å². The number of carbonyl (C=O) groups excluding carboxylic acids is 1. The summed E-state index contributed by atoms with van der Waals surface area (Å²) in [4.78, 5) is 18.2. The number of aliphatic hydroxyl groups excluding tert-OH is 1. The number of aromatic nitrogens is 1. The molecule has 0 aromatic carbocycles. The predicted molar refractivity (Wildman–Crippen MR) is 75.7 cm³/mol. The molecule has 0 aliphatic carbocycles. The highest BCUT2D eigenvalue weighted by atomic mass is 16.5. The van der Waals surface area contributed by atoms with Gasteiger partial charge in [0.15, 0.2) is 0 Å². The van der Waals surface area contributed by atoms with E-state index in [1.165, 1.54) is 6.20 Å². The first-order chi connectivity index (χ1) is 10.2. The molecule has 0 saturated carbocycles. The van der Waals surface area contributed by atoms with Crippen molar-refractivity contribution < 1.29 is 19.4 Å². The zero-order valence-electron chi connectivity index (χ0n) is 12.1. The van der Waals surface area contributed by atoms with Crippen molar-refractivity contribution >= 4 is 5.91 Å². The second kappa shape index (κ2) is 7.18. The molecular weight excluding hydrogens is 272 g/mol. The van der Waals surface area contributed by atoms with Gasteiger partial charge < -0.3 is 19.5 Å². The number of nitrogens with zero attached hydrogens (tertiary/aromatic N) is 2. The third-order valence-corrected chi connectivity index (χ3v) is 3.41. The quantitative estimate of drug-likeness (QED) is 0.788. The van der Waals surface area contributed by atoms with Crippen molar-refractivity contribution in [2.75, 3.05) is 33.9 Å². The van der Waals surface area contributed by atoms with Gasteiger partial charge in [0.05, 0.1) is 5.56 Å². The monoisotopic (exact) mass is 290 g/mol. The maximum atomic E-state index is 12.5. The summed E-state index contributed by atoms with van der Waals surface area (Å²) in [7, 11) is 3.22. The SMILES string of the molecule is COC1CN(C(=O)c2cncc(C#CCO)c2)CC1OC. The van der Waals surface area contributed by atoms with Crippen LogP contribution in [0.15, 0.2) is 18.5 Å². The van der Waals surface area contributed by atoms with Crippen LogP contribution >= 0.6 is 0 Å². The lowest BCUT2D eigenvalue weighted by molar-refractivity contribution is -0.00461. The maximum absolute atomic E-state index is 12.5. The lowest BCUT2D eigenvalue weighted by Crippen LogP contribution is -2.30. The molecule has 0 spiro atoms.